The van der Waals surface area contributed by atoms with Crippen LogP contribution in [-0.4, -0.2) is 24.3 Å². The molecule has 6 heteroatoms. The lowest BCUT2D eigenvalue weighted by molar-refractivity contribution is 0.129. The quantitative estimate of drug-likeness (QED) is 0.305. The Morgan fingerprint density at radius 2 is 1.80 bits per heavy atom. The Hall–Kier alpha value is -1.23. The van der Waals surface area contributed by atoms with Crippen LogP contribution in [0.4, 0.5) is 0 Å². The summed E-state index contributed by atoms with van der Waals surface area (Å²) in [5, 5.41) is 6.25. The second-order valence-electron chi connectivity index (χ2n) is 7.40. The van der Waals surface area contributed by atoms with Crippen molar-refractivity contribution in [1.29, 1.82) is 0 Å². The fraction of sp³-hybridized carbons (Fsp3) is 0.417. The summed E-state index contributed by atoms with van der Waals surface area (Å²) in [6, 6.07) is 14.3. The summed E-state index contributed by atoms with van der Waals surface area (Å²) in [7, 11) is 0. The molecule has 3 aromatic rings. The second-order valence-corrected chi connectivity index (χ2v) is 8.24. The molecule has 0 unspecified atom stereocenters. The predicted molar refractivity (Wildman–Crippen MR) is 132 cm³/mol. The van der Waals surface area contributed by atoms with Crippen molar-refractivity contribution in [2.24, 2.45) is 0 Å². The third kappa shape index (κ3) is 6.38. The van der Waals surface area contributed by atoms with E-state index in [1.165, 1.54) is 28.6 Å². The number of ether oxygens (including phenoxy) is 1. The van der Waals surface area contributed by atoms with Crippen molar-refractivity contribution in [3.8, 4) is 0 Å². The molecule has 0 saturated carbocycles. The summed E-state index contributed by atoms with van der Waals surface area (Å²) < 4.78 is 7.99. The van der Waals surface area contributed by atoms with Crippen LogP contribution in [0.15, 0.2) is 42.5 Å². The molecule has 0 bridgehead atoms. The summed E-state index contributed by atoms with van der Waals surface area (Å²) in [4.78, 5) is 0. The summed E-state index contributed by atoms with van der Waals surface area (Å²) in [5.41, 5.74) is 4.92. The number of hydrogen-bond acceptors (Lipinski definition) is 2. The normalized spacial score (nSPS) is 11.1. The number of nitrogens with zero attached hydrogens (tertiary/aromatic N) is 1. The summed E-state index contributed by atoms with van der Waals surface area (Å²) >= 11 is 12.5. The van der Waals surface area contributed by atoms with E-state index in [-0.39, 0.29) is 12.4 Å². The van der Waals surface area contributed by atoms with Gasteiger partial charge >= 0.3 is 0 Å². The minimum absolute atomic E-state index is 0. The van der Waals surface area contributed by atoms with Gasteiger partial charge < -0.3 is 14.6 Å². The van der Waals surface area contributed by atoms with Crippen molar-refractivity contribution in [3.05, 3.63) is 69.3 Å². The zero-order valence-electron chi connectivity index (χ0n) is 17.7. The minimum atomic E-state index is 0. The van der Waals surface area contributed by atoms with Crippen LogP contribution in [0.5, 0.6) is 0 Å². The molecule has 0 atom stereocenters. The molecule has 0 aliphatic rings. The molecule has 0 aliphatic heterocycles. The van der Waals surface area contributed by atoms with Gasteiger partial charge in [0.25, 0.3) is 0 Å². The summed E-state index contributed by atoms with van der Waals surface area (Å²) in [5.74, 6) is 0. The number of rotatable bonds is 11. The second kappa shape index (κ2) is 12.6. The van der Waals surface area contributed by atoms with Crippen LogP contribution >= 0.6 is 35.6 Å². The van der Waals surface area contributed by atoms with E-state index in [1.54, 1.807) is 0 Å². The maximum atomic E-state index is 6.43. The van der Waals surface area contributed by atoms with Crippen molar-refractivity contribution >= 4 is 46.5 Å². The van der Waals surface area contributed by atoms with E-state index in [2.05, 4.69) is 48.0 Å². The van der Waals surface area contributed by atoms with E-state index in [0.29, 0.717) is 10.0 Å². The first-order chi connectivity index (χ1) is 14.1. The maximum Gasteiger partial charge on any atom is 0.0493 e. The van der Waals surface area contributed by atoms with Crippen LogP contribution in [0.1, 0.15) is 43.0 Å². The lowest BCUT2D eigenvalue weighted by Gasteiger charge is -2.11. The van der Waals surface area contributed by atoms with Gasteiger partial charge in [0, 0.05) is 52.9 Å². The Morgan fingerprint density at radius 1 is 1.03 bits per heavy atom. The van der Waals surface area contributed by atoms with Gasteiger partial charge in [0.15, 0.2) is 0 Å². The van der Waals surface area contributed by atoms with Gasteiger partial charge in [-0.3, -0.25) is 0 Å². The highest BCUT2D eigenvalue weighted by Gasteiger charge is 2.14. The van der Waals surface area contributed by atoms with Gasteiger partial charge in [-0.2, -0.15) is 0 Å². The van der Waals surface area contributed by atoms with Gasteiger partial charge in [-0.25, -0.2) is 0 Å². The van der Waals surface area contributed by atoms with Gasteiger partial charge in [0.2, 0.25) is 0 Å². The van der Waals surface area contributed by atoms with Crippen molar-refractivity contribution < 1.29 is 4.74 Å². The van der Waals surface area contributed by atoms with E-state index in [0.717, 1.165) is 51.3 Å². The van der Waals surface area contributed by atoms with Crippen LogP contribution in [0.25, 0.3) is 10.9 Å². The minimum Gasteiger partial charge on any atom is -0.381 e. The lowest BCUT2D eigenvalue weighted by atomic mass is 10.1. The fourth-order valence-corrected chi connectivity index (χ4v) is 4.08. The van der Waals surface area contributed by atoms with E-state index in [4.69, 9.17) is 27.9 Å². The van der Waals surface area contributed by atoms with Gasteiger partial charge in [-0.1, -0.05) is 60.8 Å². The van der Waals surface area contributed by atoms with E-state index >= 15 is 0 Å². The van der Waals surface area contributed by atoms with Gasteiger partial charge in [-0.15, -0.1) is 12.4 Å². The molecule has 3 nitrogen and oxygen atoms in total. The third-order valence-corrected chi connectivity index (χ3v) is 5.88. The van der Waals surface area contributed by atoms with Gasteiger partial charge in [-0.05, 0) is 55.6 Å². The Morgan fingerprint density at radius 3 is 2.57 bits per heavy atom. The highest BCUT2D eigenvalue weighted by Crippen LogP contribution is 2.29. The first-order valence-corrected chi connectivity index (χ1v) is 11.2. The molecule has 3 rings (SSSR count). The monoisotopic (exact) mass is 468 g/mol. The Bertz CT molecular complexity index is 940. The van der Waals surface area contributed by atoms with Gasteiger partial charge in [0.1, 0.15) is 0 Å². The molecule has 1 aromatic heterocycles. The molecular formula is C24H31Cl3N2O. The number of benzene rings is 2. The highest BCUT2D eigenvalue weighted by molar-refractivity contribution is 6.35. The Labute approximate surface area is 196 Å². The SMILES string of the molecule is CCCCOCCCNCc1c(C)n(Cc2ccc(Cl)cc2Cl)c2ccccc12.Cl. The van der Waals surface area contributed by atoms with Crippen LogP contribution in [0.3, 0.4) is 0 Å². The van der Waals surface area contributed by atoms with E-state index in [1.807, 2.05) is 18.2 Å². The highest BCUT2D eigenvalue weighted by atomic mass is 35.5. The largest absolute Gasteiger partial charge is 0.381 e. The molecule has 0 fully saturated rings. The molecule has 164 valence electrons. The zero-order valence-corrected chi connectivity index (χ0v) is 20.0. The summed E-state index contributed by atoms with van der Waals surface area (Å²) in [6.45, 7) is 8.60. The van der Waals surface area contributed by atoms with E-state index in [9.17, 15) is 0 Å². The zero-order chi connectivity index (χ0) is 20.6. The standard InChI is InChI=1S/C24H30Cl2N2O.ClH/c1-3-4-13-29-14-7-12-27-16-22-18(2)28(24-9-6-5-8-21(22)24)17-19-10-11-20(25)15-23(19)26;/h5-6,8-11,15,27H,3-4,7,12-14,16-17H2,1-2H3;1H. The van der Waals surface area contributed by atoms with Crippen LogP contribution < -0.4 is 5.32 Å². The third-order valence-electron chi connectivity index (χ3n) is 5.29. The van der Waals surface area contributed by atoms with Crippen molar-refractivity contribution in [2.45, 2.75) is 46.2 Å². The number of fused-ring (bicyclic) bond motifs is 1. The first kappa shape index (κ1) is 25.0. The average Bonchev–Trinajstić information content (AvgIpc) is 2.97. The number of halogens is 3. The van der Waals surface area contributed by atoms with Crippen molar-refractivity contribution in [2.75, 3.05) is 19.8 Å². The predicted octanol–water partition coefficient (Wildman–Crippen LogP) is 7.02. The van der Waals surface area contributed by atoms with Crippen molar-refractivity contribution in [1.82, 2.24) is 9.88 Å². The molecular weight excluding hydrogens is 439 g/mol. The topological polar surface area (TPSA) is 26.2 Å². The summed E-state index contributed by atoms with van der Waals surface area (Å²) in [6.07, 6.45) is 3.36. The molecule has 2 aromatic carbocycles. The maximum absolute atomic E-state index is 6.43. The van der Waals surface area contributed by atoms with Crippen LogP contribution in [0.2, 0.25) is 10.0 Å². The molecule has 1 heterocycles. The molecule has 30 heavy (non-hydrogen) atoms. The number of aromatic nitrogens is 1. The van der Waals surface area contributed by atoms with E-state index < -0.39 is 0 Å². The fourth-order valence-electron chi connectivity index (χ4n) is 3.61. The molecule has 0 spiro atoms. The molecule has 0 amide bonds. The smallest absolute Gasteiger partial charge is 0.0493 e. The number of unbranched alkanes of at least 4 members (excludes halogenated alkanes) is 1. The molecule has 0 radical (unpaired) electrons. The average molecular weight is 470 g/mol. The molecule has 0 aliphatic carbocycles. The van der Waals surface area contributed by atoms with Crippen LogP contribution in [0, 0.1) is 6.92 Å². The Kier molecular flexibility index (Phi) is 10.5. The Balaban J connectivity index is 0.00000320. The first-order valence-electron chi connectivity index (χ1n) is 10.4. The molecule has 1 N–H and O–H groups in total. The van der Waals surface area contributed by atoms with Gasteiger partial charge in [0.05, 0.1) is 0 Å². The molecule has 0 saturated heterocycles. The number of hydrogen-bond donors (Lipinski definition) is 1. The van der Waals surface area contributed by atoms with Crippen molar-refractivity contribution in [3.63, 3.8) is 0 Å². The number of para-hydroxylation sites is 1. The van der Waals surface area contributed by atoms with Crippen LogP contribution in [-0.2, 0) is 17.8 Å². The number of nitrogens with one attached hydrogen (secondary N) is 1. The lowest BCUT2D eigenvalue weighted by Crippen LogP contribution is -2.17.